The average Bonchev–Trinajstić information content (AvgIpc) is 2.56. The van der Waals surface area contributed by atoms with Crippen LogP contribution in [-0.2, 0) is 9.53 Å². The van der Waals surface area contributed by atoms with Gasteiger partial charge >= 0.3 is 6.09 Å². The number of alkyl carbamates (subject to hydrolysis) is 1. The van der Waals surface area contributed by atoms with Crippen LogP contribution in [-0.4, -0.2) is 25.2 Å². The monoisotopic (exact) mass is 316 g/mol. The molecule has 0 bridgehead atoms. The number of halogens is 1. The van der Waals surface area contributed by atoms with Gasteiger partial charge < -0.3 is 10.5 Å². The molecule has 0 aliphatic carbocycles. The lowest BCUT2D eigenvalue weighted by Gasteiger charge is -2.24. The molecule has 0 radical (unpaired) electrons. The maximum atomic E-state index is 13.6. The highest BCUT2D eigenvalue weighted by atomic mass is 19.1. The topological polar surface area (TPSA) is 81.4 Å². The summed E-state index contributed by atoms with van der Waals surface area (Å²) in [5.41, 5.74) is 7.32. The zero-order valence-electron chi connectivity index (χ0n) is 12.5. The van der Waals surface area contributed by atoms with Crippen LogP contribution in [0.25, 0.3) is 0 Å². The second-order valence-corrected chi connectivity index (χ2v) is 4.95. The number of hydrogen-bond donors (Lipinski definition) is 2. The molecule has 0 fully saturated rings. The molecule has 2 rings (SSSR count). The number of imide groups is 1. The Morgan fingerprint density at radius 3 is 2.35 bits per heavy atom. The van der Waals surface area contributed by atoms with Crippen LogP contribution in [0.5, 0.6) is 0 Å². The van der Waals surface area contributed by atoms with Gasteiger partial charge in [-0.05, 0) is 23.3 Å². The van der Waals surface area contributed by atoms with Gasteiger partial charge in [0.15, 0.2) is 0 Å². The van der Waals surface area contributed by atoms with Crippen LogP contribution in [0.1, 0.15) is 17.0 Å². The SMILES string of the molecule is COC(=O)NC(=O)[C@@H](N)C(c1ccccc1)c1cccc(F)c1. The molecule has 0 saturated carbocycles. The Balaban J connectivity index is 2.38. The highest BCUT2D eigenvalue weighted by molar-refractivity contribution is 5.95. The van der Waals surface area contributed by atoms with Gasteiger partial charge in [-0.2, -0.15) is 0 Å². The van der Waals surface area contributed by atoms with Gasteiger partial charge in [-0.1, -0.05) is 42.5 Å². The fourth-order valence-corrected chi connectivity index (χ4v) is 2.35. The van der Waals surface area contributed by atoms with E-state index in [1.165, 1.54) is 12.1 Å². The van der Waals surface area contributed by atoms with E-state index in [0.717, 1.165) is 12.7 Å². The van der Waals surface area contributed by atoms with Crippen LogP contribution in [0.15, 0.2) is 54.6 Å². The Labute approximate surface area is 133 Å². The van der Waals surface area contributed by atoms with Gasteiger partial charge in [0, 0.05) is 5.92 Å². The molecule has 0 aliphatic rings. The summed E-state index contributed by atoms with van der Waals surface area (Å²) >= 11 is 0. The average molecular weight is 316 g/mol. The standard InChI is InChI=1S/C17H17FN2O3/c1-23-17(22)20-16(21)15(19)14(11-6-3-2-4-7-11)12-8-5-9-13(18)10-12/h2-10,14-15H,19H2,1H3,(H,20,21,22)/t14?,15-/m0/s1. The van der Waals surface area contributed by atoms with E-state index in [0.29, 0.717) is 5.56 Å². The zero-order valence-corrected chi connectivity index (χ0v) is 12.5. The van der Waals surface area contributed by atoms with E-state index in [9.17, 15) is 14.0 Å². The predicted octanol–water partition coefficient (Wildman–Crippen LogP) is 2.17. The van der Waals surface area contributed by atoms with Gasteiger partial charge in [-0.15, -0.1) is 0 Å². The third kappa shape index (κ3) is 4.14. The van der Waals surface area contributed by atoms with Crippen LogP contribution in [0.3, 0.4) is 0 Å². The molecule has 2 aromatic rings. The van der Waals surface area contributed by atoms with E-state index in [4.69, 9.17) is 5.73 Å². The quantitative estimate of drug-likeness (QED) is 0.906. The minimum Gasteiger partial charge on any atom is -0.453 e. The lowest BCUT2D eigenvalue weighted by Crippen LogP contribution is -2.47. The molecule has 0 heterocycles. The maximum absolute atomic E-state index is 13.6. The molecule has 2 aromatic carbocycles. The highest BCUT2D eigenvalue weighted by Crippen LogP contribution is 2.27. The molecule has 2 atom stereocenters. The van der Waals surface area contributed by atoms with Crippen LogP contribution in [0, 0.1) is 5.82 Å². The number of nitrogens with one attached hydrogen (secondary N) is 1. The number of rotatable bonds is 4. The van der Waals surface area contributed by atoms with Crippen LogP contribution < -0.4 is 11.1 Å². The molecule has 0 aromatic heterocycles. The molecular formula is C17H17FN2O3. The minimum atomic E-state index is -1.08. The molecular weight excluding hydrogens is 299 g/mol. The molecule has 120 valence electrons. The Morgan fingerprint density at radius 1 is 1.09 bits per heavy atom. The van der Waals surface area contributed by atoms with Crippen molar-refractivity contribution >= 4 is 12.0 Å². The normalized spacial score (nSPS) is 13.0. The maximum Gasteiger partial charge on any atom is 0.413 e. The Hall–Kier alpha value is -2.73. The van der Waals surface area contributed by atoms with Crippen molar-refractivity contribution in [2.45, 2.75) is 12.0 Å². The second kappa shape index (κ2) is 7.51. The lowest BCUT2D eigenvalue weighted by atomic mass is 9.85. The van der Waals surface area contributed by atoms with Gasteiger partial charge in [-0.25, -0.2) is 9.18 Å². The molecule has 0 aliphatic heterocycles. The van der Waals surface area contributed by atoms with Gasteiger partial charge in [-0.3, -0.25) is 10.1 Å². The Bertz CT molecular complexity index is 691. The highest BCUT2D eigenvalue weighted by Gasteiger charge is 2.29. The van der Waals surface area contributed by atoms with Gasteiger partial charge in [0.1, 0.15) is 5.82 Å². The summed E-state index contributed by atoms with van der Waals surface area (Å²) in [6.45, 7) is 0. The van der Waals surface area contributed by atoms with E-state index in [-0.39, 0.29) is 0 Å². The lowest BCUT2D eigenvalue weighted by molar-refractivity contribution is -0.121. The van der Waals surface area contributed by atoms with Crippen LogP contribution in [0.4, 0.5) is 9.18 Å². The van der Waals surface area contributed by atoms with Crippen molar-refractivity contribution in [3.63, 3.8) is 0 Å². The molecule has 0 spiro atoms. The number of carbonyl (C=O) groups excluding carboxylic acids is 2. The summed E-state index contributed by atoms with van der Waals surface area (Å²) < 4.78 is 18.0. The number of ether oxygens (including phenoxy) is 1. The van der Waals surface area contributed by atoms with Crippen molar-refractivity contribution in [2.75, 3.05) is 7.11 Å². The van der Waals surface area contributed by atoms with Crippen LogP contribution in [0.2, 0.25) is 0 Å². The zero-order chi connectivity index (χ0) is 16.8. The third-order valence-corrected chi connectivity index (χ3v) is 3.44. The third-order valence-electron chi connectivity index (χ3n) is 3.44. The number of methoxy groups -OCH3 is 1. The Kier molecular flexibility index (Phi) is 5.43. The van der Waals surface area contributed by atoms with E-state index < -0.39 is 29.8 Å². The van der Waals surface area contributed by atoms with Gasteiger partial charge in [0.25, 0.3) is 0 Å². The van der Waals surface area contributed by atoms with Crippen molar-refractivity contribution in [3.05, 3.63) is 71.5 Å². The fraction of sp³-hybridized carbons (Fsp3) is 0.176. The van der Waals surface area contributed by atoms with Crippen molar-refractivity contribution in [1.82, 2.24) is 5.32 Å². The number of carbonyl (C=O) groups is 2. The first-order chi connectivity index (χ1) is 11.0. The fourth-order valence-electron chi connectivity index (χ4n) is 2.35. The summed E-state index contributed by atoms with van der Waals surface area (Å²) in [6, 6.07) is 13.8. The first-order valence-corrected chi connectivity index (χ1v) is 6.97. The summed E-state index contributed by atoms with van der Waals surface area (Å²) in [7, 11) is 1.15. The number of nitrogens with two attached hydrogens (primary N) is 1. The smallest absolute Gasteiger partial charge is 0.413 e. The van der Waals surface area contributed by atoms with Crippen molar-refractivity contribution in [3.8, 4) is 0 Å². The first-order valence-electron chi connectivity index (χ1n) is 6.97. The molecule has 6 heteroatoms. The molecule has 1 unspecified atom stereocenters. The van der Waals surface area contributed by atoms with Crippen molar-refractivity contribution in [2.24, 2.45) is 5.73 Å². The van der Waals surface area contributed by atoms with Crippen LogP contribution >= 0.6 is 0 Å². The van der Waals surface area contributed by atoms with Crippen molar-refractivity contribution in [1.29, 1.82) is 0 Å². The summed E-state index contributed by atoms with van der Waals surface area (Å²) in [5.74, 6) is -1.73. The largest absolute Gasteiger partial charge is 0.453 e. The van der Waals surface area contributed by atoms with Gasteiger partial charge in [0.05, 0.1) is 13.2 Å². The molecule has 3 N–H and O–H groups in total. The van der Waals surface area contributed by atoms with E-state index in [2.05, 4.69) is 4.74 Å². The Morgan fingerprint density at radius 2 is 1.74 bits per heavy atom. The summed E-state index contributed by atoms with van der Waals surface area (Å²) in [6.07, 6.45) is -0.892. The first kappa shape index (κ1) is 16.6. The molecule has 5 nitrogen and oxygen atoms in total. The molecule has 0 saturated heterocycles. The molecule has 23 heavy (non-hydrogen) atoms. The predicted molar refractivity (Wildman–Crippen MR) is 83.2 cm³/mol. The summed E-state index contributed by atoms with van der Waals surface area (Å²) in [5, 5.41) is 2.05. The summed E-state index contributed by atoms with van der Waals surface area (Å²) in [4.78, 5) is 23.4. The number of amides is 2. The van der Waals surface area contributed by atoms with Gasteiger partial charge in [0.2, 0.25) is 5.91 Å². The van der Waals surface area contributed by atoms with Crippen molar-refractivity contribution < 1.29 is 18.7 Å². The number of benzene rings is 2. The minimum absolute atomic E-state index is 0.427. The second-order valence-electron chi connectivity index (χ2n) is 4.95. The van der Waals surface area contributed by atoms with E-state index >= 15 is 0 Å². The molecule has 2 amide bonds. The number of hydrogen-bond acceptors (Lipinski definition) is 4. The van der Waals surface area contributed by atoms with E-state index in [1.807, 2.05) is 11.4 Å². The van der Waals surface area contributed by atoms with E-state index in [1.54, 1.807) is 36.4 Å².